The van der Waals surface area contributed by atoms with Crippen molar-refractivity contribution in [3.8, 4) is 0 Å². The van der Waals surface area contributed by atoms with Crippen LogP contribution in [0.1, 0.15) is 12.5 Å². The van der Waals surface area contributed by atoms with E-state index in [1.165, 1.54) is 17.7 Å². The van der Waals surface area contributed by atoms with Gasteiger partial charge in [0.25, 0.3) is 0 Å². The summed E-state index contributed by atoms with van der Waals surface area (Å²) in [6.07, 6.45) is 0.940. The molecule has 2 aromatic carbocycles. The lowest BCUT2D eigenvalue weighted by Gasteiger charge is -2.11. The molecule has 2 rings (SSSR count). The zero-order valence-electron chi connectivity index (χ0n) is 11.1. The summed E-state index contributed by atoms with van der Waals surface area (Å²) in [6, 6.07) is 12.3. The molecule has 0 aliphatic rings. The van der Waals surface area contributed by atoms with Crippen molar-refractivity contribution in [1.82, 2.24) is 0 Å². The SMILES string of the molecule is CCc1cccc(Nc2ccc(S(N)(=O)=O)cc2N)c1. The summed E-state index contributed by atoms with van der Waals surface area (Å²) < 4.78 is 22.5. The lowest BCUT2D eigenvalue weighted by Crippen LogP contribution is -2.12. The first-order valence-electron chi connectivity index (χ1n) is 6.18. The highest BCUT2D eigenvalue weighted by atomic mass is 32.2. The Balaban J connectivity index is 2.30. The number of sulfonamides is 1. The Morgan fingerprint density at radius 1 is 1.15 bits per heavy atom. The van der Waals surface area contributed by atoms with Crippen LogP contribution in [0.15, 0.2) is 47.4 Å². The molecule has 5 nitrogen and oxygen atoms in total. The maximum atomic E-state index is 11.2. The third-order valence-corrected chi connectivity index (χ3v) is 3.88. The Morgan fingerprint density at radius 3 is 2.50 bits per heavy atom. The minimum atomic E-state index is -3.73. The summed E-state index contributed by atoms with van der Waals surface area (Å²) in [4.78, 5) is 0.00265. The molecule has 0 atom stereocenters. The van der Waals surface area contributed by atoms with Crippen molar-refractivity contribution in [2.45, 2.75) is 18.2 Å². The second kappa shape index (κ2) is 5.52. The molecule has 0 fully saturated rings. The quantitative estimate of drug-likeness (QED) is 0.752. The fourth-order valence-electron chi connectivity index (χ4n) is 1.86. The zero-order valence-corrected chi connectivity index (χ0v) is 11.9. The minimum Gasteiger partial charge on any atom is -0.397 e. The van der Waals surface area contributed by atoms with Gasteiger partial charge in [-0.1, -0.05) is 19.1 Å². The molecule has 106 valence electrons. The fourth-order valence-corrected chi connectivity index (χ4v) is 2.41. The average molecular weight is 291 g/mol. The highest BCUT2D eigenvalue weighted by molar-refractivity contribution is 7.89. The topological polar surface area (TPSA) is 98.2 Å². The van der Waals surface area contributed by atoms with Gasteiger partial charge in [-0.25, -0.2) is 13.6 Å². The second-order valence-corrected chi connectivity index (χ2v) is 6.03. The first-order valence-corrected chi connectivity index (χ1v) is 7.73. The van der Waals surface area contributed by atoms with Gasteiger partial charge >= 0.3 is 0 Å². The van der Waals surface area contributed by atoms with Crippen molar-refractivity contribution < 1.29 is 8.42 Å². The normalized spacial score (nSPS) is 11.3. The molecular formula is C14H17N3O2S. The van der Waals surface area contributed by atoms with Crippen molar-refractivity contribution in [3.63, 3.8) is 0 Å². The molecule has 0 amide bonds. The number of nitrogens with one attached hydrogen (secondary N) is 1. The van der Waals surface area contributed by atoms with Gasteiger partial charge in [-0.15, -0.1) is 0 Å². The Hall–Kier alpha value is -2.05. The number of rotatable bonds is 4. The molecular weight excluding hydrogens is 274 g/mol. The predicted molar refractivity (Wildman–Crippen MR) is 81.3 cm³/mol. The van der Waals surface area contributed by atoms with Crippen molar-refractivity contribution in [3.05, 3.63) is 48.0 Å². The van der Waals surface area contributed by atoms with Gasteiger partial charge in [0.05, 0.1) is 16.3 Å². The molecule has 0 radical (unpaired) electrons. The van der Waals surface area contributed by atoms with Crippen molar-refractivity contribution in [2.75, 3.05) is 11.1 Å². The summed E-state index contributed by atoms with van der Waals surface area (Å²) in [5.41, 5.74) is 8.94. The molecule has 0 aliphatic carbocycles. The van der Waals surface area contributed by atoms with Crippen LogP contribution in [0.2, 0.25) is 0 Å². The van der Waals surface area contributed by atoms with Crippen LogP contribution in [0.5, 0.6) is 0 Å². The fraction of sp³-hybridized carbons (Fsp3) is 0.143. The number of nitrogen functional groups attached to an aromatic ring is 1. The molecule has 0 saturated heterocycles. The van der Waals surface area contributed by atoms with E-state index >= 15 is 0 Å². The molecule has 0 saturated carbocycles. The molecule has 0 bridgehead atoms. The van der Waals surface area contributed by atoms with E-state index in [0.717, 1.165) is 12.1 Å². The molecule has 0 unspecified atom stereocenters. The monoisotopic (exact) mass is 291 g/mol. The third-order valence-electron chi connectivity index (χ3n) is 2.97. The van der Waals surface area contributed by atoms with E-state index in [9.17, 15) is 8.42 Å². The molecule has 2 aromatic rings. The maximum absolute atomic E-state index is 11.2. The van der Waals surface area contributed by atoms with E-state index in [4.69, 9.17) is 10.9 Å². The number of primary sulfonamides is 1. The van der Waals surface area contributed by atoms with Crippen LogP contribution in [0.25, 0.3) is 0 Å². The lowest BCUT2D eigenvalue weighted by atomic mass is 10.1. The van der Waals surface area contributed by atoms with E-state index in [2.05, 4.69) is 12.2 Å². The van der Waals surface area contributed by atoms with Crippen molar-refractivity contribution >= 4 is 27.1 Å². The summed E-state index contributed by atoms with van der Waals surface area (Å²) >= 11 is 0. The van der Waals surface area contributed by atoms with Crippen LogP contribution in [0, 0.1) is 0 Å². The Kier molecular flexibility index (Phi) is 3.96. The van der Waals surface area contributed by atoms with Gasteiger partial charge in [0.1, 0.15) is 0 Å². The third kappa shape index (κ3) is 3.28. The van der Waals surface area contributed by atoms with Crippen LogP contribution >= 0.6 is 0 Å². The van der Waals surface area contributed by atoms with Crippen LogP contribution in [-0.2, 0) is 16.4 Å². The first-order chi connectivity index (χ1) is 9.40. The average Bonchev–Trinajstić information content (AvgIpc) is 2.40. The number of nitrogens with two attached hydrogens (primary N) is 2. The summed E-state index contributed by atoms with van der Waals surface area (Å²) in [5, 5.41) is 8.23. The molecule has 0 spiro atoms. The highest BCUT2D eigenvalue weighted by Gasteiger charge is 2.10. The van der Waals surface area contributed by atoms with Crippen molar-refractivity contribution in [2.24, 2.45) is 5.14 Å². The lowest BCUT2D eigenvalue weighted by molar-refractivity contribution is 0.598. The van der Waals surface area contributed by atoms with Crippen LogP contribution in [0.3, 0.4) is 0 Å². The number of hydrogen-bond acceptors (Lipinski definition) is 4. The van der Waals surface area contributed by atoms with E-state index in [0.29, 0.717) is 11.4 Å². The maximum Gasteiger partial charge on any atom is 0.238 e. The van der Waals surface area contributed by atoms with Gasteiger partial charge in [-0.2, -0.15) is 0 Å². The Bertz CT molecular complexity index is 727. The van der Waals surface area contributed by atoms with Gasteiger partial charge < -0.3 is 11.1 Å². The zero-order chi connectivity index (χ0) is 14.8. The number of anilines is 3. The van der Waals surface area contributed by atoms with Crippen LogP contribution in [-0.4, -0.2) is 8.42 Å². The standard InChI is InChI=1S/C14H17N3O2S/c1-2-10-4-3-5-11(8-10)17-14-7-6-12(9-13(14)15)20(16,18)19/h3-9,17H,2,15H2,1H3,(H2,16,18,19). The number of benzene rings is 2. The molecule has 0 aliphatic heterocycles. The molecule has 20 heavy (non-hydrogen) atoms. The molecule has 0 heterocycles. The first kappa shape index (κ1) is 14.4. The van der Waals surface area contributed by atoms with E-state index in [-0.39, 0.29) is 4.90 Å². The van der Waals surface area contributed by atoms with Crippen LogP contribution < -0.4 is 16.2 Å². The van der Waals surface area contributed by atoms with E-state index in [1.807, 2.05) is 24.3 Å². The largest absolute Gasteiger partial charge is 0.397 e. The van der Waals surface area contributed by atoms with Gasteiger partial charge in [0.15, 0.2) is 0 Å². The molecule has 6 heteroatoms. The second-order valence-electron chi connectivity index (χ2n) is 4.47. The van der Waals surface area contributed by atoms with Crippen LogP contribution in [0.4, 0.5) is 17.1 Å². The molecule has 5 N–H and O–H groups in total. The van der Waals surface area contributed by atoms with Crippen molar-refractivity contribution in [1.29, 1.82) is 0 Å². The van der Waals surface area contributed by atoms with Gasteiger partial charge in [-0.05, 0) is 42.3 Å². The van der Waals surface area contributed by atoms with E-state index < -0.39 is 10.0 Å². The number of hydrogen-bond donors (Lipinski definition) is 3. The van der Waals surface area contributed by atoms with E-state index in [1.54, 1.807) is 6.07 Å². The summed E-state index contributed by atoms with van der Waals surface area (Å²) in [6.45, 7) is 2.08. The minimum absolute atomic E-state index is 0.00265. The van der Waals surface area contributed by atoms with Gasteiger partial charge in [0, 0.05) is 5.69 Å². The predicted octanol–water partition coefficient (Wildman–Crippen LogP) is 2.22. The van der Waals surface area contributed by atoms with Gasteiger partial charge in [0.2, 0.25) is 10.0 Å². The number of aryl methyl sites for hydroxylation is 1. The summed E-state index contributed by atoms with van der Waals surface area (Å²) in [5.74, 6) is 0. The van der Waals surface area contributed by atoms with Gasteiger partial charge in [-0.3, -0.25) is 0 Å². The Morgan fingerprint density at radius 2 is 1.90 bits per heavy atom. The highest BCUT2D eigenvalue weighted by Crippen LogP contribution is 2.26. The Labute approximate surface area is 118 Å². The summed E-state index contributed by atoms with van der Waals surface area (Å²) in [7, 11) is -3.73. The smallest absolute Gasteiger partial charge is 0.238 e. The molecule has 0 aromatic heterocycles.